The molecular formula is C36H44F6O10. The number of hydrogen-bond donors (Lipinski definition) is 4. The molecule has 4 N–H and O–H groups in total. The maximum absolute atomic E-state index is 16.5. The third-order valence-electron chi connectivity index (χ3n) is 8.57. The van der Waals surface area contributed by atoms with Crippen molar-refractivity contribution < 1.29 is 75.3 Å². The fraction of sp³-hybridized carbons (Fsp3) is 0.556. The number of carbonyl (C=O) groups is 2. The molecule has 1 aliphatic rings. The van der Waals surface area contributed by atoms with Crippen LogP contribution in [0.4, 0.5) is 26.3 Å². The van der Waals surface area contributed by atoms with Gasteiger partial charge in [-0.15, -0.1) is 0 Å². The molecule has 16 heteroatoms. The fourth-order valence-corrected chi connectivity index (χ4v) is 5.60. The number of hydrogen-bond acceptors (Lipinski definition) is 8. The first kappa shape index (κ1) is 42.9. The molecule has 0 amide bonds. The molecule has 2 aromatic rings. The summed E-state index contributed by atoms with van der Waals surface area (Å²) in [5.74, 6) is -19.1. The molecule has 1 aliphatic heterocycles. The largest absolute Gasteiger partial charge is 0.478 e. The van der Waals surface area contributed by atoms with Crippen LogP contribution in [0.5, 0.6) is 0 Å². The van der Waals surface area contributed by atoms with Crippen LogP contribution in [0, 0.1) is 0 Å². The van der Waals surface area contributed by atoms with Crippen molar-refractivity contribution in [1.82, 2.24) is 0 Å². The number of alkyl halides is 4. The summed E-state index contributed by atoms with van der Waals surface area (Å²) in [6, 6.07) is 10.4. The summed E-state index contributed by atoms with van der Waals surface area (Å²) in [4.78, 5) is 23.2. The Morgan fingerprint density at radius 1 is 0.808 bits per heavy atom. The van der Waals surface area contributed by atoms with Crippen molar-refractivity contribution in [3.05, 3.63) is 82.4 Å². The molecular weight excluding hydrogens is 706 g/mol. The van der Waals surface area contributed by atoms with Crippen LogP contribution in [0.3, 0.4) is 0 Å². The van der Waals surface area contributed by atoms with Crippen molar-refractivity contribution >= 4 is 11.9 Å². The summed E-state index contributed by atoms with van der Waals surface area (Å²) in [5.41, 5.74) is -1.33. The van der Waals surface area contributed by atoms with E-state index < -0.39 is 96.8 Å². The van der Waals surface area contributed by atoms with Crippen LogP contribution in [-0.4, -0.2) is 81.2 Å². The molecule has 1 heterocycles. The molecule has 1 saturated heterocycles. The smallest absolute Gasteiger partial charge is 0.426 e. The van der Waals surface area contributed by atoms with Gasteiger partial charge < -0.3 is 39.4 Å². The highest BCUT2D eigenvalue weighted by Gasteiger charge is 2.67. The molecule has 0 bridgehead atoms. The number of aliphatic hydroxyl groups excluding tert-OH is 2. The molecule has 52 heavy (non-hydrogen) atoms. The van der Waals surface area contributed by atoms with Crippen molar-refractivity contribution in [2.24, 2.45) is 0 Å². The number of aliphatic hydroxyl groups is 2. The quantitative estimate of drug-likeness (QED) is 0.0743. The van der Waals surface area contributed by atoms with Gasteiger partial charge >= 0.3 is 24.0 Å². The Labute approximate surface area is 296 Å². The first-order valence-electron chi connectivity index (χ1n) is 16.9. The minimum absolute atomic E-state index is 0.0700. The maximum atomic E-state index is 16.5. The zero-order chi connectivity index (χ0) is 38.7. The van der Waals surface area contributed by atoms with Crippen LogP contribution in [0.25, 0.3) is 0 Å². The molecule has 5 atom stereocenters. The molecule has 3 rings (SSSR count). The molecule has 0 radical (unpaired) electrons. The number of carboxylic acids is 2. The number of benzene rings is 2. The van der Waals surface area contributed by atoms with E-state index in [1.807, 2.05) is 6.92 Å². The van der Waals surface area contributed by atoms with Gasteiger partial charge in [0.15, 0.2) is 0 Å². The molecule has 2 aromatic carbocycles. The molecule has 0 spiro atoms. The molecule has 0 saturated carbocycles. The van der Waals surface area contributed by atoms with Crippen LogP contribution < -0.4 is 0 Å². The van der Waals surface area contributed by atoms with Crippen LogP contribution in [0.1, 0.15) is 97.1 Å². The minimum atomic E-state index is -5.97. The highest BCUT2D eigenvalue weighted by Crippen LogP contribution is 2.48. The van der Waals surface area contributed by atoms with Gasteiger partial charge in [0, 0.05) is 0 Å². The van der Waals surface area contributed by atoms with Gasteiger partial charge in [-0.05, 0) is 36.6 Å². The second-order valence-electron chi connectivity index (χ2n) is 12.5. The van der Waals surface area contributed by atoms with E-state index in [1.54, 1.807) is 18.2 Å². The lowest BCUT2D eigenvalue weighted by Crippen LogP contribution is -2.66. The van der Waals surface area contributed by atoms with Gasteiger partial charge in [0.2, 0.25) is 11.7 Å². The van der Waals surface area contributed by atoms with E-state index in [4.69, 9.17) is 14.2 Å². The van der Waals surface area contributed by atoms with Gasteiger partial charge in [-0.1, -0.05) is 88.3 Å². The van der Waals surface area contributed by atoms with Gasteiger partial charge in [0.1, 0.15) is 18.3 Å². The third-order valence-corrected chi connectivity index (χ3v) is 8.57. The minimum Gasteiger partial charge on any atom is -0.478 e. The van der Waals surface area contributed by atoms with E-state index in [-0.39, 0.29) is 12.0 Å². The number of aromatic carboxylic acids is 2. The summed E-state index contributed by atoms with van der Waals surface area (Å²) in [6.07, 6.45) is -8.20. The molecule has 10 nitrogen and oxygen atoms in total. The summed E-state index contributed by atoms with van der Waals surface area (Å²) in [5, 5.41) is 40.4. The molecule has 0 aliphatic carbocycles. The zero-order valence-electron chi connectivity index (χ0n) is 28.7. The van der Waals surface area contributed by atoms with Crippen molar-refractivity contribution in [3.63, 3.8) is 0 Å². The van der Waals surface area contributed by atoms with E-state index >= 15 is 17.6 Å². The Kier molecular flexibility index (Phi) is 15.7. The van der Waals surface area contributed by atoms with E-state index in [0.717, 1.165) is 57.2 Å². The van der Waals surface area contributed by atoms with Gasteiger partial charge in [-0.2, -0.15) is 17.6 Å². The fourth-order valence-electron chi connectivity index (χ4n) is 5.60. The Hall–Kier alpha value is -3.54. The monoisotopic (exact) mass is 750 g/mol. The number of halogens is 6. The second-order valence-corrected chi connectivity index (χ2v) is 12.5. The van der Waals surface area contributed by atoms with Crippen molar-refractivity contribution in [2.75, 3.05) is 6.61 Å². The normalized spacial score (nSPS) is 23.0. The Bertz CT molecular complexity index is 1510. The Balaban J connectivity index is 2.01. The third kappa shape index (κ3) is 10.3. The number of rotatable bonds is 21. The highest BCUT2D eigenvalue weighted by molar-refractivity contribution is 6.01. The Morgan fingerprint density at radius 3 is 2.00 bits per heavy atom. The lowest BCUT2D eigenvalue weighted by molar-refractivity contribution is -0.364. The Morgan fingerprint density at radius 2 is 1.40 bits per heavy atom. The number of ether oxygens (including phenoxy) is 4. The second kappa shape index (κ2) is 19.0. The first-order chi connectivity index (χ1) is 24.5. The van der Waals surface area contributed by atoms with Crippen molar-refractivity contribution in [2.45, 2.75) is 121 Å². The van der Waals surface area contributed by atoms with Gasteiger partial charge in [-0.3, -0.25) is 0 Å². The van der Waals surface area contributed by atoms with Crippen LogP contribution in [-0.2, 0) is 32.2 Å². The molecule has 0 unspecified atom stereocenters. The number of carboxylic acid groups (broad SMARTS) is 2. The predicted molar refractivity (Wildman–Crippen MR) is 173 cm³/mol. The first-order valence-corrected chi connectivity index (χ1v) is 16.9. The van der Waals surface area contributed by atoms with Gasteiger partial charge in [0.25, 0.3) is 5.79 Å². The summed E-state index contributed by atoms with van der Waals surface area (Å²) >= 11 is 0. The summed E-state index contributed by atoms with van der Waals surface area (Å²) in [7, 11) is 0. The lowest BCUT2D eigenvalue weighted by Gasteiger charge is -2.48. The SMILES string of the molecule is CCCCCCCCCCOC(F)(F)C(F)(F)C(F)=C(F)[C@]1(OCc2ccc(C(=O)O)c(C(=O)O)c2)O[C@H](C)[C@H](O)[C@H](O)[C@H]1OCc1ccccc1. The van der Waals surface area contributed by atoms with Crippen LogP contribution in [0.15, 0.2) is 60.2 Å². The maximum Gasteiger partial charge on any atom is 0.426 e. The summed E-state index contributed by atoms with van der Waals surface area (Å²) < 4.78 is 113. The number of unbranched alkanes of at least 4 members (excludes halogenated alkanes) is 7. The lowest BCUT2D eigenvalue weighted by atomic mass is 9.90. The van der Waals surface area contributed by atoms with Gasteiger partial charge in [0.05, 0.1) is 37.1 Å². The van der Waals surface area contributed by atoms with Crippen LogP contribution >= 0.6 is 0 Å². The average Bonchev–Trinajstić information content (AvgIpc) is 3.11. The molecule has 290 valence electrons. The summed E-state index contributed by atoms with van der Waals surface area (Å²) in [6.45, 7) is 0.555. The standard InChI is InChI=1S/C36H44F6O10/c1-3-4-5-6-7-8-9-13-18-50-36(41,42)35(39,40)30(38)29(37)34(51-21-24-16-17-25(32(45)46)26(19-24)33(47)48)31(28(44)27(43)22(2)52-34)49-20-23-14-11-10-12-15-23/h10-12,14-17,19,22,27-28,31,43-44H,3-9,13,18,20-21H2,1-2H3,(H,45,46)(H,47,48)/t22-,27+,28+,31-,34+/m1/s1. The molecule has 1 fully saturated rings. The average molecular weight is 751 g/mol. The van der Waals surface area contributed by atoms with E-state index in [0.29, 0.717) is 18.4 Å². The van der Waals surface area contributed by atoms with E-state index in [9.17, 15) is 38.8 Å². The molecule has 0 aromatic heterocycles. The highest BCUT2D eigenvalue weighted by atomic mass is 19.3. The van der Waals surface area contributed by atoms with E-state index in [1.165, 1.54) is 12.1 Å². The van der Waals surface area contributed by atoms with Crippen molar-refractivity contribution in [3.8, 4) is 0 Å². The van der Waals surface area contributed by atoms with Crippen LogP contribution in [0.2, 0.25) is 0 Å². The van der Waals surface area contributed by atoms with Crippen molar-refractivity contribution in [1.29, 1.82) is 0 Å². The van der Waals surface area contributed by atoms with E-state index in [2.05, 4.69) is 4.74 Å². The topological polar surface area (TPSA) is 152 Å². The van der Waals surface area contributed by atoms with Gasteiger partial charge in [-0.25, -0.2) is 18.4 Å². The predicted octanol–water partition coefficient (Wildman–Crippen LogP) is 7.56. The zero-order valence-corrected chi connectivity index (χ0v) is 28.7.